The predicted octanol–water partition coefficient (Wildman–Crippen LogP) is 0.852. The summed E-state index contributed by atoms with van der Waals surface area (Å²) in [6, 6.07) is 5.40. The van der Waals surface area contributed by atoms with Gasteiger partial charge < -0.3 is 24.6 Å². The van der Waals surface area contributed by atoms with Crippen LogP contribution in [0.4, 0.5) is 0 Å². The minimum atomic E-state index is -1.11. The zero-order valence-electron chi connectivity index (χ0n) is 12.9. The molecule has 0 bridgehead atoms. The van der Waals surface area contributed by atoms with Crippen molar-refractivity contribution in [3.05, 3.63) is 23.8 Å². The fraction of sp³-hybridized carbons (Fsp3) is 0.467. The maximum absolute atomic E-state index is 11.7. The van der Waals surface area contributed by atoms with Crippen molar-refractivity contribution in [1.82, 2.24) is 5.32 Å². The molecule has 0 fully saturated rings. The molecule has 1 aromatic rings. The lowest BCUT2D eigenvalue weighted by Crippen LogP contribution is -2.37. The molecular formula is C15H21NO6. The normalized spacial score (nSPS) is 11.6. The first-order valence-corrected chi connectivity index (χ1v) is 6.74. The zero-order valence-corrected chi connectivity index (χ0v) is 12.9. The largest absolute Gasteiger partial charge is 0.497 e. The van der Waals surface area contributed by atoms with Gasteiger partial charge in [-0.2, -0.15) is 0 Å². The van der Waals surface area contributed by atoms with E-state index in [2.05, 4.69) is 5.32 Å². The van der Waals surface area contributed by atoms with Crippen LogP contribution in [0.15, 0.2) is 18.2 Å². The van der Waals surface area contributed by atoms with Crippen molar-refractivity contribution in [2.45, 2.75) is 18.9 Å². The Hall–Kier alpha value is -2.28. The maximum atomic E-state index is 11.7. The van der Waals surface area contributed by atoms with E-state index in [9.17, 15) is 9.59 Å². The number of aryl methyl sites for hydroxylation is 1. The van der Waals surface area contributed by atoms with Gasteiger partial charge in [0, 0.05) is 19.6 Å². The number of carboxylic acids is 1. The third-order valence-electron chi connectivity index (χ3n) is 3.10. The quantitative estimate of drug-likeness (QED) is 0.702. The SMILES string of the molecule is COc1cc(CCC(=O)NCC(OC)C(=O)O)cc(OC)c1. The molecule has 0 heterocycles. The van der Waals surface area contributed by atoms with E-state index < -0.39 is 12.1 Å². The summed E-state index contributed by atoms with van der Waals surface area (Å²) in [5, 5.41) is 11.3. The fourth-order valence-corrected chi connectivity index (χ4v) is 1.83. The van der Waals surface area contributed by atoms with Gasteiger partial charge in [-0.3, -0.25) is 4.79 Å². The van der Waals surface area contributed by atoms with E-state index in [1.54, 1.807) is 20.3 Å². The third kappa shape index (κ3) is 5.61. The second-order valence-electron chi connectivity index (χ2n) is 4.59. The molecule has 122 valence electrons. The molecule has 1 aromatic carbocycles. The first-order valence-electron chi connectivity index (χ1n) is 6.74. The van der Waals surface area contributed by atoms with Crippen LogP contribution in [0.5, 0.6) is 11.5 Å². The van der Waals surface area contributed by atoms with E-state index in [0.717, 1.165) is 5.56 Å². The van der Waals surface area contributed by atoms with Crippen molar-refractivity contribution in [1.29, 1.82) is 0 Å². The minimum absolute atomic E-state index is 0.0634. The first kappa shape index (κ1) is 17.8. The molecule has 0 radical (unpaired) electrons. The molecule has 1 rings (SSSR count). The van der Waals surface area contributed by atoms with Gasteiger partial charge in [0.2, 0.25) is 5.91 Å². The van der Waals surface area contributed by atoms with Crippen LogP contribution >= 0.6 is 0 Å². The fourth-order valence-electron chi connectivity index (χ4n) is 1.83. The monoisotopic (exact) mass is 311 g/mol. The van der Waals surface area contributed by atoms with Gasteiger partial charge in [0.1, 0.15) is 11.5 Å². The van der Waals surface area contributed by atoms with Gasteiger partial charge in [-0.05, 0) is 24.1 Å². The number of carboxylic acid groups (broad SMARTS) is 1. The molecule has 2 N–H and O–H groups in total. The van der Waals surface area contributed by atoms with E-state index >= 15 is 0 Å². The molecule has 7 nitrogen and oxygen atoms in total. The van der Waals surface area contributed by atoms with Crippen molar-refractivity contribution < 1.29 is 28.9 Å². The maximum Gasteiger partial charge on any atom is 0.334 e. The molecule has 1 unspecified atom stereocenters. The van der Waals surface area contributed by atoms with Crippen LogP contribution in [-0.2, 0) is 20.7 Å². The Morgan fingerprint density at radius 1 is 1.14 bits per heavy atom. The Morgan fingerprint density at radius 3 is 2.18 bits per heavy atom. The Bertz CT molecular complexity index is 495. The van der Waals surface area contributed by atoms with Gasteiger partial charge >= 0.3 is 5.97 Å². The summed E-state index contributed by atoms with van der Waals surface area (Å²) >= 11 is 0. The smallest absolute Gasteiger partial charge is 0.334 e. The van der Waals surface area contributed by atoms with Crippen LogP contribution in [-0.4, -0.2) is 51.0 Å². The van der Waals surface area contributed by atoms with Gasteiger partial charge in [-0.1, -0.05) is 0 Å². The van der Waals surface area contributed by atoms with Crippen LogP contribution in [0.2, 0.25) is 0 Å². The van der Waals surface area contributed by atoms with Crippen LogP contribution in [0.25, 0.3) is 0 Å². The highest BCUT2D eigenvalue weighted by Crippen LogP contribution is 2.23. The highest BCUT2D eigenvalue weighted by Gasteiger charge is 2.17. The molecule has 0 aromatic heterocycles. The average Bonchev–Trinajstić information content (AvgIpc) is 2.52. The van der Waals surface area contributed by atoms with Crippen molar-refractivity contribution in [3.63, 3.8) is 0 Å². The number of hydrogen-bond donors (Lipinski definition) is 2. The second kappa shape index (κ2) is 8.89. The molecule has 1 atom stereocenters. The summed E-state index contributed by atoms with van der Waals surface area (Å²) in [5.41, 5.74) is 0.896. The second-order valence-corrected chi connectivity index (χ2v) is 4.59. The molecule has 0 spiro atoms. The van der Waals surface area contributed by atoms with E-state index in [0.29, 0.717) is 17.9 Å². The molecule has 0 aliphatic heterocycles. The average molecular weight is 311 g/mol. The zero-order chi connectivity index (χ0) is 16.5. The van der Waals surface area contributed by atoms with Crippen LogP contribution in [0, 0.1) is 0 Å². The number of carbonyl (C=O) groups is 2. The number of nitrogens with one attached hydrogen (secondary N) is 1. The molecular weight excluding hydrogens is 290 g/mol. The molecule has 0 saturated carbocycles. The number of rotatable bonds is 9. The van der Waals surface area contributed by atoms with E-state index in [-0.39, 0.29) is 18.9 Å². The van der Waals surface area contributed by atoms with Gasteiger partial charge in [0.05, 0.1) is 20.8 Å². The molecule has 0 saturated heterocycles. The van der Waals surface area contributed by atoms with Gasteiger partial charge in [0.15, 0.2) is 6.10 Å². The third-order valence-corrected chi connectivity index (χ3v) is 3.10. The number of carbonyl (C=O) groups excluding carboxylic acids is 1. The Labute approximate surface area is 129 Å². The number of hydrogen-bond acceptors (Lipinski definition) is 5. The number of amides is 1. The van der Waals surface area contributed by atoms with E-state index in [1.807, 2.05) is 12.1 Å². The summed E-state index contributed by atoms with van der Waals surface area (Å²) in [7, 11) is 4.40. The van der Waals surface area contributed by atoms with Crippen molar-refractivity contribution in [2.75, 3.05) is 27.9 Å². The minimum Gasteiger partial charge on any atom is -0.497 e. The summed E-state index contributed by atoms with van der Waals surface area (Å²) < 4.78 is 15.1. The van der Waals surface area contributed by atoms with Crippen LogP contribution in [0.3, 0.4) is 0 Å². The number of aliphatic carboxylic acids is 1. The topological polar surface area (TPSA) is 94.1 Å². The number of benzene rings is 1. The Balaban J connectivity index is 2.51. The van der Waals surface area contributed by atoms with E-state index in [1.165, 1.54) is 7.11 Å². The van der Waals surface area contributed by atoms with Crippen molar-refractivity contribution in [3.8, 4) is 11.5 Å². The van der Waals surface area contributed by atoms with Crippen LogP contribution < -0.4 is 14.8 Å². The number of ether oxygens (including phenoxy) is 3. The summed E-state index contributed by atoms with van der Waals surface area (Å²) in [6.07, 6.45) is -0.322. The lowest BCUT2D eigenvalue weighted by Gasteiger charge is -2.12. The van der Waals surface area contributed by atoms with Crippen molar-refractivity contribution >= 4 is 11.9 Å². The van der Waals surface area contributed by atoms with Gasteiger partial charge in [0.25, 0.3) is 0 Å². The van der Waals surface area contributed by atoms with Crippen LogP contribution in [0.1, 0.15) is 12.0 Å². The predicted molar refractivity (Wildman–Crippen MR) is 79.3 cm³/mol. The first-order chi connectivity index (χ1) is 10.5. The van der Waals surface area contributed by atoms with Gasteiger partial charge in [-0.15, -0.1) is 0 Å². The molecule has 0 aliphatic carbocycles. The highest BCUT2D eigenvalue weighted by atomic mass is 16.5. The Morgan fingerprint density at radius 2 is 1.73 bits per heavy atom. The molecule has 7 heteroatoms. The Kier molecular flexibility index (Phi) is 7.18. The summed E-state index contributed by atoms with van der Waals surface area (Å²) in [6.45, 7) is -0.0634. The van der Waals surface area contributed by atoms with Crippen molar-refractivity contribution in [2.24, 2.45) is 0 Å². The molecule has 1 amide bonds. The standard InChI is InChI=1S/C15H21NO6/c1-20-11-6-10(7-12(8-11)21-2)4-5-14(17)16-9-13(22-3)15(18)19/h6-8,13H,4-5,9H2,1-3H3,(H,16,17)(H,18,19). The molecule has 22 heavy (non-hydrogen) atoms. The summed E-state index contributed by atoms with van der Waals surface area (Å²) in [5.74, 6) is -0.0504. The summed E-state index contributed by atoms with van der Waals surface area (Å²) in [4.78, 5) is 22.5. The molecule has 0 aliphatic rings. The van der Waals surface area contributed by atoms with E-state index in [4.69, 9.17) is 19.3 Å². The highest BCUT2D eigenvalue weighted by molar-refractivity contribution is 5.78. The number of methoxy groups -OCH3 is 3. The lowest BCUT2D eigenvalue weighted by molar-refractivity contribution is -0.148. The van der Waals surface area contributed by atoms with Gasteiger partial charge in [-0.25, -0.2) is 4.79 Å². The lowest BCUT2D eigenvalue weighted by atomic mass is 10.1.